The molecule has 1 aliphatic heterocycles. The van der Waals surface area contributed by atoms with Crippen LogP contribution in [0.2, 0.25) is 0 Å². The van der Waals surface area contributed by atoms with Crippen molar-refractivity contribution in [3.63, 3.8) is 0 Å². The van der Waals surface area contributed by atoms with Crippen LogP contribution in [0.25, 0.3) is 0 Å². The van der Waals surface area contributed by atoms with E-state index in [9.17, 15) is 14.9 Å². The number of hydrogen-bond donors (Lipinski definition) is 1. The molecular weight excluding hydrogens is 392 g/mol. The summed E-state index contributed by atoms with van der Waals surface area (Å²) in [4.78, 5) is 23.7. The lowest BCUT2D eigenvalue weighted by Gasteiger charge is -2.21. The maximum absolute atomic E-state index is 12.8. The molecular formula is C21H22N2O7. The highest BCUT2D eigenvalue weighted by Gasteiger charge is 2.44. The highest BCUT2D eigenvalue weighted by molar-refractivity contribution is 6.07. The van der Waals surface area contributed by atoms with E-state index in [-0.39, 0.29) is 22.7 Å². The van der Waals surface area contributed by atoms with Crippen molar-refractivity contribution in [2.45, 2.75) is 38.4 Å². The second kappa shape index (κ2) is 7.74. The van der Waals surface area contributed by atoms with E-state index in [0.717, 1.165) is 25.7 Å². The fourth-order valence-corrected chi connectivity index (χ4v) is 3.80. The fourth-order valence-electron chi connectivity index (χ4n) is 3.80. The van der Waals surface area contributed by atoms with E-state index in [2.05, 4.69) is 5.32 Å². The van der Waals surface area contributed by atoms with Crippen LogP contribution in [0.15, 0.2) is 30.3 Å². The molecule has 0 saturated heterocycles. The van der Waals surface area contributed by atoms with E-state index < -0.39 is 16.6 Å². The molecule has 1 N–H and O–H groups in total. The van der Waals surface area contributed by atoms with Crippen molar-refractivity contribution in [2.75, 3.05) is 19.0 Å². The van der Waals surface area contributed by atoms with E-state index in [1.165, 1.54) is 19.2 Å². The van der Waals surface area contributed by atoms with Gasteiger partial charge in [0.25, 0.3) is 17.4 Å². The van der Waals surface area contributed by atoms with Crippen LogP contribution in [0.4, 0.5) is 11.4 Å². The van der Waals surface area contributed by atoms with E-state index in [4.69, 9.17) is 18.9 Å². The van der Waals surface area contributed by atoms with Crippen molar-refractivity contribution < 1.29 is 28.7 Å². The van der Waals surface area contributed by atoms with Gasteiger partial charge in [0.15, 0.2) is 23.0 Å². The minimum Gasteiger partial charge on any atom is -0.493 e. The average Bonchev–Trinajstić information content (AvgIpc) is 3.33. The Hall–Kier alpha value is -3.49. The molecule has 2 aromatic rings. The third kappa shape index (κ3) is 3.58. The maximum Gasteiger partial charge on any atom is 0.286 e. The number of carbonyl (C=O) groups excluding carboxylic acids is 1. The monoisotopic (exact) mass is 414 g/mol. The van der Waals surface area contributed by atoms with Crippen LogP contribution in [0, 0.1) is 10.1 Å². The van der Waals surface area contributed by atoms with Crippen molar-refractivity contribution in [2.24, 2.45) is 0 Å². The number of carbonyl (C=O) groups is 1. The largest absolute Gasteiger partial charge is 0.493 e. The van der Waals surface area contributed by atoms with Crippen LogP contribution in [-0.4, -0.2) is 30.3 Å². The number of methoxy groups -OCH3 is 1. The predicted octanol–water partition coefficient (Wildman–Crippen LogP) is 4.30. The number of nitrogens with zero attached hydrogens (tertiary/aromatic N) is 1. The standard InChI is InChI=1S/C21H22N2O7/c1-3-28-18-12-15(23(25)26)14(11-17(18)27-2)20(24)22-13-6-7-16-19(10-13)30-21(29-16)8-4-5-9-21/h6-7,10-12H,3-5,8-9H2,1-2H3,(H,22,24). The third-order valence-electron chi connectivity index (χ3n) is 5.18. The van der Waals surface area contributed by atoms with Crippen LogP contribution in [0.3, 0.4) is 0 Å². The second-order valence-electron chi connectivity index (χ2n) is 7.15. The number of amides is 1. The highest BCUT2D eigenvalue weighted by Crippen LogP contribution is 2.47. The van der Waals surface area contributed by atoms with Gasteiger partial charge in [-0.2, -0.15) is 0 Å². The van der Waals surface area contributed by atoms with E-state index in [1.807, 2.05) is 0 Å². The van der Waals surface area contributed by atoms with Gasteiger partial charge >= 0.3 is 0 Å². The first-order chi connectivity index (χ1) is 14.4. The lowest BCUT2D eigenvalue weighted by molar-refractivity contribution is -0.385. The van der Waals surface area contributed by atoms with E-state index in [1.54, 1.807) is 25.1 Å². The SMILES string of the molecule is CCOc1cc([N+](=O)[O-])c(C(=O)Nc2ccc3c(c2)OC2(CCCC2)O3)cc1OC. The first kappa shape index (κ1) is 19.8. The molecule has 4 rings (SSSR count). The van der Waals surface area contributed by atoms with Crippen molar-refractivity contribution in [1.82, 2.24) is 0 Å². The molecule has 0 bridgehead atoms. The van der Waals surface area contributed by atoms with Gasteiger partial charge in [-0.3, -0.25) is 14.9 Å². The van der Waals surface area contributed by atoms with Gasteiger partial charge in [0.05, 0.1) is 24.7 Å². The molecule has 158 valence electrons. The lowest BCUT2D eigenvalue weighted by Crippen LogP contribution is -2.34. The van der Waals surface area contributed by atoms with Gasteiger partial charge in [-0.1, -0.05) is 0 Å². The molecule has 9 heteroatoms. The Morgan fingerprint density at radius 1 is 1.17 bits per heavy atom. The Labute approximate surface area is 173 Å². The van der Waals surface area contributed by atoms with Crippen LogP contribution in [-0.2, 0) is 0 Å². The molecule has 0 unspecified atom stereocenters. The molecule has 1 aliphatic carbocycles. The van der Waals surface area contributed by atoms with Gasteiger partial charge in [-0.25, -0.2) is 0 Å². The summed E-state index contributed by atoms with van der Waals surface area (Å²) in [6, 6.07) is 7.56. The molecule has 1 amide bonds. The number of ether oxygens (including phenoxy) is 4. The minimum atomic E-state index is -0.641. The molecule has 1 spiro atoms. The summed E-state index contributed by atoms with van der Waals surface area (Å²) in [6.45, 7) is 2.05. The summed E-state index contributed by atoms with van der Waals surface area (Å²) in [7, 11) is 1.40. The summed E-state index contributed by atoms with van der Waals surface area (Å²) >= 11 is 0. The zero-order valence-corrected chi connectivity index (χ0v) is 16.7. The molecule has 0 aromatic heterocycles. The second-order valence-corrected chi connectivity index (χ2v) is 7.15. The number of nitro benzene ring substituents is 1. The Morgan fingerprint density at radius 2 is 1.90 bits per heavy atom. The highest BCUT2D eigenvalue weighted by atomic mass is 16.7. The van der Waals surface area contributed by atoms with Crippen molar-refractivity contribution in [3.8, 4) is 23.0 Å². The summed E-state index contributed by atoms with van der Waals surface area (Å²) < 4.78 is 22.6. The number of nitrogens with one attached hydrogen (secondary N) is 1. The smallest absolute Gasteiger partial charge is 0.286 e. The number of anilines is 1. The summed E-state index contributed by atoms with van der Waals surface area (Å²) in [6.07, 6.45) is 3.73. The lowest BCUT2D eigenvalue weighted by atomic mass is 10.1. The van der Waals surface area contributed by atoms with E-state index >= 15 is 0 Å². The zero-order chi connectivity index (χ0) is 21.3. The average molecular weight is 414 g/mol. The van der Waals surface area contributed by atoms with Gasteiger partial charge in [0.1, 0.15) is 5.56 Å². The molecule has 1 saturated carbocycles. The number of nitro groups is 1. The Bertz CT molecular complexity index is 999. The number of rotatable bonds is 6. The first-order valence-electron chi connectivity index (χ1n) is 9.77. The van der Waals surface area contributed by atoms with Crippen LogP contribution in [0.1, 0.15) is 43.0 Å². The van der Waals surface area contributed by atoms with Crippen LogP contribution < -0.4 is 24.3 Å². The zero-order valence-electron chi connectivity index (χ0n) is 16.7. The number of benzene rings is 2. The molecule has 1 fully saturated rings. The van der Waals surface area contributed by atoms with Gasteiger partial charge in [-0.05, 0) is 31.9 Å². The molecule has 0 radical (unpaired) electrons. The van der Waals surface area contributed by atoms with Crippen molar-refractivity contribution >= 4 is 17.3 Å². The Balaban J connectivity index is 1.59. The molecule has 0 atom stereocenters. The molecule has 2 aliphatic rings. The van der Waals surface area contributed by atoms with Gasteiger partial charge in [0, 0.05) is 30.7 Å². The number of fused-ring (bicyclic) bond motifs is 1. The fraction of sp³-hybridized carbons (Fsp3) is 0.381. The molecule has 9 nitrogen and oxygen atoms in total. The molecule has 30 heavy (non-hydrogen) atoms. The van der Waals surface area contributed by atoms with Gasteiger partial charge in [-0.15, -0.1) is 0 Å². The Morgan fingerprint density at radius 3 is 2.57 bits per heavy atom. The van der Waals surface area contributed by atoms with Crippen LogP contribution in [0.5, 0.6) is 23.0 Å². The molecule has 1 heterocycles. The molecule has 2 aromatic carbocycles. The summed E-state index contributed by atoms with van der Waals surface area (Å²) in [5.41, 5.74) is -0.0628. The van der Waals surface area contributed by atoms with Gasteiger partial charge in [0.2, 0.25) is 0 Å². The van der Waals surface area contributed by atoms with Crippen LogP contribution >= 0.6 is 0 Å². The third-order valence-corrected chi connectivity index (χ3v) is 5.18. The summed E-state index contributed by atoms with van der Waals surface area (Å²) in [5.74, 6) is 0.371. The summed E-state index contributed by atoms with van der Waals surface area (Å²) in [5, 5.41) is 14.2. The normalized spacial score (nSPS) is 15.8. The topological polar surface area (TPSA) is 109 Å². The van der Waals surface area contributed by atoms with Crippen molar-refractivity contribution in [1.29, 1.82) is 0 Å². The van der Waals surface area contributed by atoms with Gasteiger partial charge < -0.3 is 24.3 Å². The predicted molar refractivity (Wildman–Crippen MR) is 108 cm³/mol. The number of hydrogen-bond acceptors (Lipinski definition) is 7. The maximum atomic E-state index is 12.8. The first-order valence-corrected chi connectivity index (χ1v) is 9.77. The minimum absolute atomic E-state index is 0.134. The van der Waals surface area contributed by atoms with Crippen molar-refractivity contribution in [3.05, 3.63) is 46.0 Å². The van der Waals surface area contributed by atoms with E-state index in [0.29, 0.717) is 23.8 Å². The Kier molecular flexibility index (Phi) is 5.11. The quantitative estimate of drug-likeness (QED) is 0.554.